The Hall–Kier alpha value is -2.74. The lowest BCUT2D eigenvalue weighted by molar-refractivity contribution is -0.384. The molecule has 0 aliphatic carbocycles. The summed E-state index contributed by atoms with van der Waals surface area (Å²) in [5, 5.41) is 13.6. The maximum absolute atomic E-state index is 12.0. The lowest BCUT2D eigenvalue weighted by Gasteiger charge is -2.11. The van der Waals surface area contributed by atoms with Gasteiger partial charge in [0, 0.05) is 10.5 Å². The Morgan fingerprint density at radius 1 is 1.16 bits per heavy atom. The van der Waals surface area contributed by atoms with Gasteiger partial charge >= 0.3 is 5.97 Å². The number of benzene rings is 2. The predicted octanol–water partition coefficient (Wildman–Crippen LogP) is 3.77. The average Bonchev–Trinajstić information content (AvgIpc) is 2.57. The first-order chi connectivity index (χ1) is 11.8. The first-order valence-electron chi connectivity index (χ1n) is 7.26. The van der Waals surface area contributed by atoms with Crippen LogP contribution in [0.15, 0.2) is 40.9 Å². The largest absolute Gasteiger partial charge is 0.452 e. The van der Waals surface area contributed by atoms with E-state index in [4.69, 9.17) is 4.74 Å². The van der Waals surface area contributed by atoms with E-state index >= 15 is 0 Å². The summed E-state index contributed by atoms with van der Waals surface area (Å²) < 4.78 is 5.75. The zero-order valence-electron chi connectivity index (χ0n) is 13.5. The quantitative estimate of drug-likeness (QED) is 0.462. The molecule has 7 nitrogen and oxygen atoms in total. The molecule has 0 heterocycles. The van der Waals surface area contributed by atoms with Gasteiger partial charge in [-0.1, -0.05) is 22.0 Å². The van der Waals surface area contributed by atoms with Crippen molar-refractivity contribution in [1.29, 1.82) is 0 Å². The third-order valence-corrected chi connectivity index (χ3v) is 4.12. The molecule has 0 bridgehead atoms. The minimum Gasteiger partial charge on any atom is -0.452 e. The molecular weight excluding hydrogens is 392 g/mol. The lowest BCUT2D eigenvalue weighted by atomic mass is 10.1. The molecule has 0 aliphatic heterocycles. The first kappa shape index (κ1) is 18.6. The molecule has 1 N–H and O–H groups in total. The minimum absolute atomic E-state index is 0.106. The van der Waals surface area contributed by atoms with Gasteiger partial charge < -0.3 is 10.1 Å². The van der Waals surface area contributed by atoms with Crippen LogP contribution in [0.4, 0.5) is 11.4 Å². The highest BCUT2D eigenvalue weighted by atomic mass is 79.9. The number of nitro benzene ring substituents is 1. The van der Waals surface area contributed by atoms with Gasteiger partial charge in [-0.25, -0.2) is 4.79 Å². The SMILES string of the molecule is Cc1ccc([N+](=O)[O-])c(NC(=O)COC(=O)c2ccc(Br)cc2)c1C. The summed E-state index contributed by atoms with van der Waals surface area (Å²) >= 11 is 3.25. The summed E-state index contributed by atoms with van der Waals surface area (Å²) in [5.74, 6) is -1.31. The molecule has 0 aliphatic rings. The molecule has 0 fully saturated rings. The van der Waals surface area contributed by atoms with Crippen molar-refractivity contribution in [2.75, 3.05) is 11.9 Å². The van der Waals surface area contributed by atoms with E-state index in [0.717, 1.165) is 10.0 Å². The molecule has 2 aromatic carbocycles. The highest BCUT2D eigenvalue weighted by Gasteiger charge is 2.20. The second-order valence-electron chi connectivity index (χ2n) is 5.29. The summed E-state index contributed by atoms with van der Waals surface area (Å²) in [4.78, 5) is 34.4. The van der Waals surface area contributed by atoms with Gasteiger partial charge in [0.2, 0.25) is 0 Å². The molecular formula is C17H15BrN2O5. The summed E-state index contributed by atoms with van der Waals surface area (Å²) in [6.45, 7) is 2.91. The number of rotatable bonds is 5. The van der Waals surface area contributed by atoms with Crippen LogP contribution in [-0.4, -0.2) is 23.4 Å². The number of nitro groups is 1. The number of carbonyl (C=O) groups is 2. The Morgan fingerprint density at radius 2 is 1.80 bits per heavy atom. The zero-order valence-corrected chi connectivity index (χ0v) is 15.1. The van der Waals surface area contributed by atoms with Crippen LogP contribution in [0.2, 0.25) is 0 Å². The summed E-state index contributed by atoms with van der Waals surface area (Å²) in [6, 6.07) is 9.40. The second kappa shape index (κ2) is 7.89. The molecule has 0 spiro atoms. The smallest absolute Gasteiger partial charge is 0.338 e. The monoisotopic (exact) mass is 406 g/mol. The van der Waals surface area contributed by atoms with Crippen molar-refractivity contribution in [3.63, 3.8) is 0 Å². The minimum atomic E-state index is -0.655. The number of halogens is 1. The number of amides is 1. The third-order valence-electron chi connectivity index (χ3n) is 3.59. The van der Waals surface area contributed by atoms with Crippen LogP contribution in [0.3, 0.4) is 0 Å². The van der Waals surface area contributed by atoms with Gasteiger partial charge in [0.15, 0.2) is 6.61 Å². The number of esters is 1. The van der Waals surface area contributed by atoms with Crippen LogP contribution in [0.25, 0.3) is 0 Å². The van der Waals surface area contributed by atoms with E-state index in [-0.39, 0.29) is 11.4 Å². The van der Waals surface area contributed by atoms with Crippen molar-refractivity contribution in [2.45, 2.75) is 13.8 Å². The van der Waals surface area contributed by atoms with Gasteiger partial charge in [0.25, 0.3) is 11.6 Å². The van der Waals surface area contributed by atoms with Crippen LogP contribution < -0.4 is 5.32 Å². The molecule has 0 atom stereocenters. The van der Waals surface area contributed by atoms with E-state index in [9.17, 15) is 19.7 Å². The summed E-state index contributed by atoms with van der Waals surface area (Å²) in [7, 11) is 0. The van der Waals surface area contributed by atoms with Gasteiger partial charge in [-0.05, 0) is 49.2 Å². The molecule has 130 valence electrons. The van der Waals surface area contributed by atoms with Crippen LogP contribution in [0.5, 0.6) is 0 Å². The molecule has 0 aromatic heterocycles. The molecule has 8 heteroatoms. The summed E-state index contributed by atoms with van der Waals surface area (Å²) in [6.07, 6.45) is 0. The van der Waals surface area contributed by atoms with Gasteiger partial charge in [-0.2, -0.15) is 0 Å². The molecule has 2 rings (SSSR count). The number of nitrogens with zero attached hydrogens (tertiary/aromatic N) is 1. The number of aryl methyl sites for hydroxylation is 1. The number of carbonyl (C=O) groups excluding carboxylic acids is 2. The molecule has 25 heavy (non-hydrogen) atoms. The maximum Gasteiger partial charge on any atom is 0.338 e. The fourth-order valence-electron chi connectivity index (χ4n) is 2.09. The topological polar surface area (TPSA) is 98.5 Å². The van der Waals surface area contributed by atoms with E-state index in [2.05, 4.69) is 21.2 Å². The van der Waals surface area contributed by atoms with Crippen molar-refractivity contribution in [1.82, 2.24) is 0 Å². The molecule has 1 amide bonds. The first-order valence-corrected chi connectivity index (χ1v) is 8.06. The Bertz CT molecular complexity index is 834. The second-order valence-corrected chi connectivity index (χ2v) is 6.21. The third kappa shape index (κ3) is 4.63. The highest BCUT2D eigenvalue weighted by molar-refractivity contribution is 9.10. The lowest BCUT2D eigenvalue weighted by Crippen LogP contribution is -2.22. The Balaban J connectivity index is 2.06. The fraction of sp³-hybridized carbons (Fsp3) is 0.176. The predicted molar refractivity (Wildman–Crippen MR) is 95.6 cm³/mol. The Kier molecular flexibility index (Phi) is 5.87. The van der Waals surface area contributed by atoms with Gasteiger partial charge in [0.05, 0.1) is 10.5 Å². The number of ether oxygens (including phenoxy) is 1. The van der Waals surface area contributed by atoms with E-state index < -0.39 is 23.4 Å². The standard InChI is InChI=1S/C17H15BrN2O5/c1-10-3-8-14(20(23)24)16(11(10)2)19-15(21)9-25-17(22)12-4-6-13(18)7-5-12/h3-8H,9H2,1-2H3,(H,19,21). The Morgan fingerprint density at radius 3 is 2.40 bits per heavy atom. The number of hydrogen-bond donors (Lipinski definition) is 1. The van der Waals surface area contributed by atoms with Gasteiger partial charge in [-0.15, -0.1) is 0 Å². The fourth-order valence-corrected chi connectivity index (χ4v) is 2.35. The van der Waals surface area contributed by atoms with Crippen molar-refractivity contribution < 1.29 is 19.2 Å². The molecule has 0 unspecified atom stereocenters. The van der Waals surface area contributed by atoms with Crippen molar-refractivity contribution >= 4 is 39.2 Å². The van der Waals surface area contributed by atoms with Gasteiger partial charge in [0.1, 0.15) is 5.69 Å². The van der Waals surface area contributed by atoms with Crippen molar-refractivity contribution in [2.24, 2.45) is 0 Å². The van der Waals surface area contributed by atoms with E-state index in [1.807, 2.05) is 0 Å². The van der Waals surface area contributed by atoms with Crippen LogP contribution in [-0.2, 0) is 9.53 Å². The van der Waals surface area contributed by atoms with Crippen molar-refractivity contribution in [3.05, 3.63) is 67.7 Å². The van der Waals surface area contributed by atoms with E-state index in [0.29, 0.717) is 11.1 Å². The maximum atomic E-state index is 12.0. The number of hydrogen-bond acceptors (Lipinski definition) is 5. The Labute approximate surface area is 152 Å². The van der Waals surface area contributed by atoms with Crippen LogP contribution >= 0.6 is 15.9 Å². The number of nitrogens with one attached hydrogen (secondary N) is 1. The number of anilines is 1. The summed E-state index contributed by atoms with van der Waals surface area (Å²) in [5.41, 5.74) is 1.58. The van der Waals surface area contributed by atoms with Crippen LogP contribution in [0, 0.1) is 24.0 Å². The molecule has 0 saturated carbocycles. The molecule has 2 aromatic rings. The van der Waals surface area contributed by atoms with Gasteiger partial charge in [-0.3, -0.25) is 14.9 Å². The zero-order chi connectivity index (χ0) is 18.6. The van der Waals surface area contributed by atoms with Crippen LogP contribution in [0.1, 0.15) is 21.5 Å². The normalized spacial score (nSPS) is 10.2. The van der Waals surface area contributed by atoms with Crippen molar-refractivity contribution in [3.8, 4) is 0 Å². The van der Waals surface area contributed by atoms with E-state index in [1.54, 1.807) is 44.2 Å². The highest BCUT2D eigenvalue weighted by Crippen LogP contribution is 2.30. The van der Waals surface area contributed by atoms with E-state index in [1.165, 1.54) is 6.07 Å². The average molecular weight is 407 g/mol. The molecule has 0 saturated heterocycles. The molecule has 0 radical (unpaired) electrons.